The number of amides is 3. The van der Waals surface area contributed by atoms with Gasteiger partial charge in [0.15, 0.2) is 6.10 Å². The summed E-state index contributed by atoms with van der Waals surface area (Å²) in [5.74, 6) is -1.61. The van der Waals surface area contributed by atoms with Crippen molar-refractivity contribution in [3.8, 4) is 0 Å². The van der Waals surface area contributed by atoms with Gasteiger partial charge in [-0.05, 0) is 51.7 Å². The fraction of sp³-hybridized carbons (Fsp3) is 0.714. The molecule has 4 aliphatic heterocycles. The van der Waals surface area contributed by atoms with E-state index in [4.69, 9.17) is 23.7 Å². The molecule has 0 aromatic carbocycles. The number of piperazine rings is 1. The van der Waals surface area contributed by atoms with Crippen LogP contribution >= 0.6 is 0 Å². The maximum atomic E-state index is 13.6. The average Bonchev–Trinajstić information content (AvgIpc) is 3.86. The molecule has 2 fully saturated rings. The highest BCUT2D eigenvalue weighted by atomic mass is 16.6. The molecule has 4 rings (SSSR count). The molecule has 3 N–H and O–H groups in total. The van der Waals surface area contributed by atoms with E-state index in [0.717, 1.165) is 4.90 Å². The smallest absolute Gasteiger partial charge is 0.410 e. The van der Waals surface area contributed by atoms with Crippen molar-refractivity contribution in [3.05, 3.63) is 48.1 Å². The van der Waals surface area contributed by atoms with Crippen molar-refractivity contribution in [2.45, 2.75) is 121 Å². The number of nitrogens with zero attached hydrogens (tertiary/aromatic N) is 3. The lowest BCUT2D eigenvalue weighted by Crippen LogP contribution is -2.52. The van der Waals surface area contributed by atoms with Gasteiger partial charge >= 0.3 is 12.1 Å². The van der Waals surface area contributed by atoms with Crippen LogP contribution in [0.5, 0.6) is 0 Å². The summed E-state index contributed by atoms with van der Waals surface area (Å²) >= 11 is 0. The molecule has 57 heavy (non-hydrogen) atoms. The molecule has 0 radical (unpaired) electrons. The molecule has 0 aromatic heterocycles. The van der Waals surface area contributed by atoms with Gasteiger partial charge in [-0.2, -0.15) is 0 Å². The Morgan fingerprint density at radius 1 is 1.11 bits per heavy atom. The van der Waals surface area contributed by atoms with E-state index in [9.17, 15) is 34.5 Å². The quantitative estimate of drug-likeness (QED) is 0.0517. The average molecular weight is 804 g/mol. The van der Waals surface area contributed by atoms with Gasteiger partial charge in [0.25, 0.3) is 11.8 Å². The summed E-state index contributed by atoms with van der Waals surface area (Å²) in [6, 6.07) is 0. The molecule has 4 heterocycles. The van der Waals surface area contributed by atoms with Crippen LogP contribution in [0.25, 0.3) is 0 Å². The first-order chi connectivity index (χ1) is 27.0. The molecule has 0 aromatic rings. The van der Waals surface area contributed by atoms with Crippen molar-refractivity contribution in [1.29, 1.82) is 0 Å². The van der Waals surface area contributed by atoms with Gasteiger partial charge in [-0.25, -0.2) is 4.79 Å². The number of methoxy groups -OCH3 is 1. The molecule has 0 unspecified atom stereocenters. The first-order valence-corrected chi connectivity index (χ1v) is 20.3. The molecule has 3 amide bonds. The molecule has 0 saturated carbocycles. The summed E-state index contributed by atoms with van der Waals surface area (Å²) in [5, 5.41) is 32.1. The number of allylic oxidation sites excluding steroid dienone is 2. The summed E-state index contributed by atoms with van der Waals surface area (Å²) < 4.78 is 29.4. The molecule has 320 valence electrons. The Bertz CT molecular complexity index is 1490. The Labute approximate surface area is 337 Å². The molecular formula is C42H65N3O12. The van der Waals surface area contributed by atoms with Crippen molar-refractivity contribution >= 4 is 23.9 Å². The largest absolute Gasteiger partial charge is 0.457 e. The molecule has 10 atom stereocenters. The van der Waals surface area contributed by atoms with E-state index in [1.807, 2.05) is 40.7 Å². The number of aliphatic hydroxyl groups excluding tert-OH is 2. The molecule has 0 spiro atoms. The van der Waals surface area contributed by atoms with Crippen molar-refractivity contribution in [1.82, 2.24) is 14.7 Å². The predicted molar refractivity (Wildman–Crippen MR) is 211 cm³/mol. The number of aliphatic hydroxyl groups is 3. The van der Waals surface area contributed by atoms with Gasteiger partial charge in [0, 0.05) is 70.2 Å². The van der Waals surface area contributed by atoms with Gasteiger partial charge in [0.05, 0.1) is 56.2 Å². The molecular weight excluding hydrogens is 738 g/mol. The van der Waals surface area contributed by atoms with Gasteiger partial charge in [0.2, 0.25) is 0 Å². The van der Waals surface area contributed by atoms with Crippen LogP contribution in [-0.4, -0.2) is 161 Å². The number of ether oxygens (including phenoxy) is 5. The monoisotopic (exact) mass is 803 g/mol. The Balaban J connectivity index is 1.36. The van der Waals surface area contributed by atoms with Gasteiger partial charge in [-0.1, -0.05) is 45.1 Å². The number of rotatable bonds is 16. The normalized spacial score (nSPS) is 32.0. The fourth-order valence-electron chi connectivity index (χ4n) is 7.45. The third-order valence-electron chi connectivity index (χ3n) is 11.6. The molecule has 0 aliphatic carbocycles. The van der Waals surface area contributed by atoms with Gasteiger partial charge in [0.1, 0.15) is 11.7 Å². The molecule has 15 heteroatoms. The summed E-state index contributed by atoms with van der Waals surface area (Å²) in [6.07, 6.45) is 8.86. The van der Waals surface area contributed by atoms with E-state index in [1.54, 1.807) is 36.1 Å². The SMILES string of the molecule is CC[C@H](O)[C@@H](C)[C@H]1O[C@@H]1C[C@@](C)(O)/C=C/C=C(\C)[C@H]1OC(=O)C[C@H](O)CC[C@@](C)(OC)[C@H](OC(=O)N2CCN(CCOCCN3C(=O)C=CC3=O)CC2)/C=C/[C@@H]1C. The van der Waals surface area contributed by atoms with Crippen LogP contribution in [0, 0.1) is 11.8 Å². The van der Waals surface area contributed by atoms with Crippen molar-refractivity contribution in [2.24, 2.45) is 11.8 Å². The van der Waals surface area contributed by atoms with Crippen molar-refractivity contribution in [2.75, 3.05) is 59.6 Å². The number of imide groups is 1. The van der Waals surface area contributed by atoms with E-state index < -0.39 is 47.7 Å². The van der Waals surface area contributed by atoms with Crippen LogP contribution in [0.4, 0.5) is 4.79 Å². The first-order valence-electron chi connectivity index (χ1n) is 20.3. The zero-order chi connectivity index (χ0) is 41.9. The molecule has 15 nitrogen and oxygen atoms in total. The highest BCUT2D eigenvalue weighted by Gasteiger charge is 2.47. The lowest BCUT2D eigenvalue weighted by molar-refractivity contribution is -0.151. The number of esters is 1. The van der Waals surface area contributed by atoms with E-state index in [2.05, 4.69) is 4.90 Å². The van der Waals surface area contributed by atoms with Crippen LogP contribution in [-0.2, 0) is 38.1 Å². The van der Waals surface area contributed by atoms with Crippen LogP contribution in [0.3, 0.4) is 0 Å². The van der Waals surface area contributed by atoms with Crippen LogP contribution in [0.15, 0.2) is 48.1 Å². The lowest BCUT2D eigenvalue weighted by atomic mass is 9.88. The molecule has 0 bridgehead atoms. The number of epoxide rings is 1. The minimum absolute atomic E-state index is 0.0243. The summed E-state index contributed by atoms with van der Waals surface area (Å²) in [7, 11) is 1.53. The third-order valence-corrected chi connectivity index (χ3v) is 11.6. The molecule has 2 saturated heterocycles. The minimum Gasteiger partial charge on any atom is -0.457 e. The summed E-state index contributed by atoms with van der Waals surface area (Å²) in [4.78, 5) is 55.0. The van der Waals surface area contributed by atoms with Crippen LogP contribution in [0.1, 0.15) is 73.6 Å². The second-order valence-corrected chi connectivity index (χ2v) is 16.3. The second kappa shape index (κ2) is 21.0. The Hall–Kier alpha value is -3.44. The highest BCUT2D eigenvalue weighted by Crippen LogP contribution is 2.38. The topological polar surface area (TPSA) is 188 Å². The van der Waals surface area contributed by atoms with Crippen LogP contribution in [0.2, 0.25) is 0 Å². The molecule has 4 aliphatic rings. The zero-order valence-electron chi connectivity index (χ0n) is 34.7. The van der Waals surface area contributed by atoms with E-state index in [-0.39, 0.29) is 61.9 Å². The zero-order valence-corrected chi connectivity index (χ0v) is 34.7. The van der Waals surface area contributed by atoms with E-state index in [1.165, 1.54) is 19.3 Å². The first kappa shape index (κ1) is 46.3. The van der Waals surface area contributed by atoms with E-state index >= 15 is 0 Å². The van der Waals surface area contributed by atoms with Gasteiger partial charge in [-0.15, -0.1) is 0 Å². The summed E-state index contributed by atoms with van der Waals surface area (Å²) in [5.41, 5.74) is -1.48. The standard InChI is InChI=1S/C42H65N3O12/c1-8-32(47)30(4)39-33(55-39)27-41(5,52)16-9-10-28(2)38-29(3)11-12-34(42(6,53-7)17-15-31(46)26-37(50)57-38)56-40(51)44-20-18-43(19-21-44)22-24-54-25-23-45-35(48)13-14-36(45)49/h9-14,16,29-34,38-39,46-47,52H,8,15,17-27H2,1-7H3/b12-11+,16-9+,28-10+/t29-,30+,31+,32-,33+,34+,38+,39+,41-,42+/m0/s1. The number of hydrogen-bond acceptors (Lipinski definition) is 13. The highest BCUT2D eigenvalue weighted by molar-refractivity contribution is 6.12. The second-order valence-electron chi connectivity index (χ2n) is 16.3. The summed E-state index contributed by atoms with van der Waals surface area (Å²) in [6.45, 7) is 14.7. The van der Waals surface area contributed by atoms with Gasteiger partial charge in [-0.3, -0.25) is 24.2 Å². The fourth-order valence-corrected chi connectivity index (χ4v) is 7.45. The van der Waals surface area contributed by atoms with Gasteiger partial charge < -0.3 is 43.9 Å². The van der Waals surface area contributed by atoms with Crippen molar-refractivity contribution in [3.63, 3.8) is 0 Å². The number of carbonyl (C=O) groups is 4. The third kappa shape index (κ3) is 13.6. The Morgan fingerprint density at radius 3 is 2.42 bits per heavy atom. The maximum absolute atomic E-state index is 13.6. The Kier molecular flexibility index (Phi) is 17.0. The number of carbonyl (C=O) groups excluding carboxylic acids is 4. The van der Waals surface area contributed by atoms with Crippen LogP contribution < -0.4 is 0 Å². The number of cyclic esters (lactones) is 1. The van der Waals surface area contributed by atoms with Crippen molar-refractivity contribution < 1.29 is 58.2 Å². The lowest BCUT2D eigenvalue weighted by Gasteiger charge is -2.38. The Morgan fingerprint density at radius 2 is 1.77 bits per heavy atom. The van der Waals surface area contributed by atoms with E-state index in [0.29, 0.717) is 64.2 Å². The predicted octanol–water partition coefficient (Wildman–Crippen LogP) is 2.92. The maximum Gasteiger partial charge on any atom is 0.410 e. The minimum atomic E-state index is -1.17. The number of hydrogen-bond donors (Lipinski definition) is 3.